The van der Waals surface area contributed by atoms with E-state index in [4.69, 9.17) is 23.7 Å². The number of likely N-dealkylation sites (N-methyl/N-ethyl adjacent to an activating group) is 1. The summed E-state index contributed by atoms with van der Waals surface area (Å²) >= 11 is 1.20. The van der Waals surface area contributed by atoms with Crippen molar-refractivity contribution < 1.29 is 62.4 Å². The number of hydrogen-bond acceptors (Lipinski definition) is 16. The second kappa shape index (κ2) is 35.9. The molecule has 2 heterocycles. The topological polar surface area (TPSA) is 241 Å². The van der Waals surface area contributed by atoms with Crippen molar-refractivity contribution in [1.82, 2.24) is 25.4 Å². The Kier molecular flexibility index (Phi) is 30.7. The number of phenols is 1. The minimum absolute atomic E-state index is 0.0140. The fourth-order valence-corrected chi connectivity index (χ4v) is 9.75. The summed E-state index contributed by atoms with van der Waals surface area (Å²) in [5, 5.41) is 21.0. The molecule has 2 aromatic rings. The van der Waals surface area contributed by atoms with Crippen molar-refractivity contribution in [1.29, 1.82) is 0 Å². The second-order valence-electron chi connectivity index (χ2n) is 19.7. The lowest BCUT2D eigenvalue weighted by Gasteiger charge is -2.37. The van der Waals surface area contributed by atoms with E-state index in [2.05, 4.69) is 37.7 Å². The van der Waals surface area contributed by atoms with Gasteiger partial charge in [-0.3, -0.25) is 38.5 Å². The molecule has 4 N–H and O–H groups in total. The third-order valence-corrected chi connectivity index (χ3v) is 14.3. The number of nitrogens with one attached hydrogen (secondary N) is 3. The lowest BCUT2D eigenvalue weighted by Crippen LogP contribution is -2.48. The highest BCUT2D eigenvalue weighted by Gasteiger charge is 2.38. The van der Waals surface area contributed by atoms with E-state index in [-0.39, 0.29) is 129 Å². The Morgan fingerprint density at radius 2 is 1.63 bits per heavy atom. The van der Waals surface area contributed by atoms with Crippen LogP contribution in [0.2, 0.25) is 0 Å². The first-order valence-electron chi connectivity index (χ1n) is 27.1. The van der Waals surface area contributed by atoms with E-state index in [1.165, 1.54) is 24.3 Å². The molecule has 3 rings (SSSR count). The van der Waals surface area contributed by atoms with Crippen LogP contribution in [0.5, 0.6) is 5.75 Å². The molecule has 0 unspecified atom stereocenters. The normalized spacial score (nSPS) is 15.6. The lowest BCUT2D eigenvalue weighted by molar-refractivity contribution is -0.149. The quantitative estimate of drug-likeness (QED) is 0.0188. The van der Waals surface area contributed by atoms with Crippen LogP contribution >= 0.6 is 11.3 Å². The summed E-state index contributed by atoms with van der Waals surface area (Å²) in [5.74, 6) is 1.66. The standard InChI is InChI=1S/C56H86N6O13S/c1-10-16-42(33-41-19-21-49(65)45(34-41)59-53(68)23-27-73-32-31-72-26-15-17-43(64)20-22-52(67)57-24-28-74-30-29-71-12-3)58-54(69)46-37-76-55(60-46)51(75-40(7)63)36-48(38(4)5)62(9)56(70)44(39(6)11-2)35-50(66)47-18-13-14-25-61(47)8/h19,21,34,37-39,42,44,47-48,51,65H,10-18,23-33,35-36H2,1-9H3,(H,57,67)(H,58,69)(H,59,68)/t39-,42+,44-,47+,48+,51+/m0/s1. The van der Waals surface area contributed by atoms with E-state index in [9.17, 15) is 38.7 Å². The molecule has 1 aliphatic rings. The molecular weight excluding hydrogens is 997 g/mol. The zero-order valence-corrected chi connectivity index (χ0v) is 47.3. The Labute approximate surface area is 454 Å². The minimum atomic E-state index is -0.839. The van der Waals surface area contributed by atoms with Crippen LogP contribution in [0, 0.1) is 29.6 Å². The van der Waals surface area contributed by atoms with Gasteiger partial charge in [0.2, 0.25) is 17.6 Å². The zero-order valence-electron chi connectivity index (χ0n) is 46.5. The molecule has 1 aromatic heterocycles. The maximum atomic E-state index is 14.4. The fourth-order valence-electron chi connectivity index (χ4n) is 8.91. The number of rotatable bonds is 36. The maximum absolute atomic E-state index is 14.4. The summed E-state index contributed by atoms with van der Waals surface area (Å²) in [5.41, 5.74) is 1.14. The molecule has 6 atom stereocenters. The van der Waals surface area contributed by atoms with Gasteiger partial charge in [-0.05, 0) is 88.1 Å². The monoisotopic (exact) mass is 1080 g/mol. The number of piperidine rings is 1. The van der Waals surface area contributed by atoms with E-state index in [0.29, 0.717) is 50.7 Å². The number of likely N-dealkylation sites (tertiary alicyclic amines) is 1. The average Bonchev–Trinajstić information content (AvgIpc) is 3.89. The van der Waals surface area contributed by atoms with Crippen LogP contribution in [0.15, 0.2) is 23.6 Å². The molecule has 1 aromatic carbocycles. The van der Waals surface area contributed by atoms with Crippen LogP contribution in [0.25, 0.3) is 0 Å². The number of benzene rings is 1. The van der Waals surface area contributed by atoms with Gasteiger partial charge in [-0.25, -0.2) is 4.98 Å². The maximum Gasteiger partial charge on any atom is 0.303 e. The molecule has 0 spiro atoms. The van der Waals surface area contributed by atoms with Crippen molar-refractivity contribution in [3.05, 3.63) is 39.8 Å². The Balaban J connectivity index is 1.50. The Morgan fingerprint density at radius 3 is 2.30 bits per heavy atom. The van der Waals surface area contributed by atoms with Crippen LogP contribution < -0.4 is 16.0 Å². The van der Waals surface area contributed by atoms with Crippen LogP contribution in [-0.4, -0.2) is 159 Å². The third kappa shape index (κ3) is 23.9. The Hall–Kier alpha value is -5.30. The largest absolute Gasteiger partial charge is 0.506 e. The Bertz CT molecular complexity index is 2210. The van der Waals surface area contributed by atoms with Gasteiger partial charge in [-0.2, -0.15) is 0 Å². The summed E-state index contributed by atoms with van der Waals surface area (Å²) < 4.78 is 27.4. The fraction of sp³-hybridized carbons (Fsp3) is 0.679. The number of nitrogens with zero attached hydrogens (tertiary/aromatic N) is 3. The molecule has 4 amide bonds. The number of phenolic OH excluding ortho intramolecular Hbond substituents is 1. The number of thiazole rings is 1. The Morgan fingerprint density at radius 1 is 0.921 bits per heavy atom. The van der Waals surface area contributed by atoms with Gasteiger partial charge in [0.25, 0.3) is 11.8 Å². The van der Waals surface area contributed by atoms with Gasteiger partial charge in [0.1, 0.15) is 16.5 Å². The van der Waals surface area contributed by atoms with Gasteiger partial charge in [0.15, 0.2) is 11.9 Å². The molecule has 0 saturated carbocycles. The van der Waals surface area contributed by atoms with Gasteiger partial charge in [-0.15, -0.1) is 11.3 Å². The highest BCUT2D eigenvalue weighted by atomic mass is 32.1. The molecule has 1 saturated heterocycles. The minimum Gasteiger partial charge on any atom is -0.506 e. The number of anilines is 1. The second-order valence-corrected chi connectivity index (χ2v) is 20.6. The molecular formula is C56H86N6O13S. The molecule has 0 bridgehead atoms. The summed E-state index contributed by atoms with van der Waals surface area (Å²) in [6, 6.07) is 3.99. The summed E-state index contributed by atoms with van der Waals surface area (Å²) in [6.45, 7) is 17.1. The van der Waals surface area contributed by atoms with Crippen molar-refractivity contribution >= 4 is 58.2 Å². The van der Waals surface area contributed by atoms with Crippen molar-refractivity contribution in [3.63, 3.8) is 0 Å². The van der Waals surface area contributed by atoms with E-state index in [0.717, 1.165) is 44.2 Å². The molecule has 0 radical (unpaired) electrons. The number of esters is 1. The number of carbonyl (C=O) groups is 7. The molecule has 1 fully saturated rings. The predicted octanol–water partition coefficient (Wildman–Crippen LogP) is 6.46. The van der Waals surface area contributed by atoms with E-state index < -0.39 is 29.8 Å². The van der Waals surface area contributed by atoms with Gasteiger partial charge < -0.3 is 49.6 Å². The molecule has 76 heavy (non-hydrogen) atoms. The van der Waals surface area contributed by atoms with E-state index in [1.54, 1.807) is 29.5 Å². The number of hydrogen-bond donors (Lipinski definition) is 4. The molecule has 1 aliphatic heterocycles. The summed E-state index contributed by atoms with van der Waals surface area (Å²) in [7, 11) is 3.73. The third-order valence-electron chi connectivity index (χ3n) is 13.4. The van der Waals surface area contributed by atoms with Crippen molar-refractivity contribution in [2.75, 3.05) is 85.4 Å². The molecule has 424 valence electrons. The van der Waals surface area contributed by atoms with Crippen LogP contribution in [0.4, 0.5) is 5.69 Å². The van der Waals surface area contributed by atoms with Crippen LogP contribution in [0.3, 0.4) is 0 Å². The summed E-state index contributed by atoms with van der Waals surface area (Å²) in [4.78, 5) is 99.4. The van der Waals surface area contributed by atoms with Gasteiger partial charge in [0, 0.05) is 82.3 Å². The van der Waals surface area contributed by atoms with Gasteiger partial charge in [-0.1, -0.05) is 59.9 Å². The first-order valence-corrected chi connectivity index (χ1v) is 27.9. The lowest BCUT2D eigenvalue weighted by atomic mass is 9.83. The number of aromatic nitrogens is 1. The van der Waals surface area contributed by atoms with Crippen molar-refractivity contribution in [2.45, 2.75) is 150 Å². The number of ketones is 2. The predicted molar refractivity (Wildman–Crippen MR) is 291 cm³/mol. The number of Topliss-reactive ketones (excluding diaryl/α,β-unsaturated/α-hetero) is 2. The van der Waals surface area contributed by atoms with Gasteiger partial charge >= 0.3 is 5.97 Å². The van der Waals surface area contributed by atoms with Crippen LogP contribution in [-0.2, 0) is 58.9 Å². The first-order chi connectivity index (χ1) is 36.4. The average molecular weight is 1080 g/mol. The molecule has 20 heteroatoms. The molecule has 19 nitrogen and oxygen atoms in total. The summed E-state index contributed by atoms with van der Waals surface area (Å²) in [6.07, 6.45) is 5.49. The highest BCUT2D eigenvalue weighted by Crippen LogP contribution is 2.33. The van der Waals surface area contributed by atoms with Crippen LogP contribution in [0.1, 0.15) is 146 Å². The van der Waals surface area contributed by atoms with Crippen molar-refractivity contribution in [3.8, 4) is 17.6 Å². The van der Waals surface area contributed by atoms with E-state index in [1.807, 2.05) is 48.6 Å². The molecule has 0 aliphatic carbocycles. The van der Waals surface area contributed by atoms with Crippen molar-refractivity contribution in [2.24, 2.45) is 17.8 Å². The number of aromatic hydroxyl groups is 1. The first kappa shape index (κ1) is 65.0. The highest BCUT2D eigenvalue weighted by molar-refractivity contribution is 7.09. The number of ether oxygens (including phenoxy) is 5. The zero-order chi connectivity index (χ0) is 56.0. The smallest absolute Gasteiger partial charge is 0.303 e. The number of amides is 4. The van der Waals surface area contributed by atoms with E-state index >= 15 is 0 Å². The SMILES string of the molecule is CCC[C@H](Cc1ccc(O)c(NC(=O)CCOCCOCCCC(=O)C#CC(=O)NCCOCCOCC)c1)NC(=O)c1csc([C@@H](C[C@H](C(C)C)N(C)C(=O)[C@@H](CC(=O)[C@H]2CCCCN2C)[C@@H](C)CC)OC(C)=O)n1. The van der Waals surface area contributed by atoms with Gasteiger partial charge in [0.05, 0.1) is 57.8 Å². The number of carbonyl (C=O) groups excluding carboxylic acids is 7.